The molecule has 0 saturated carbocycles. The summed E-state index contributed by atoms with van der Waals surface area (Å²) in [4.78, 5) is 2.89. The Hall–Kier alpha value is -0.640. The van der Waals surface area contributed by atoms with Crippen molar-refractivity contribution in [3.05, 3.63) is 44.8 Å². The molecule has 1 N–H and O–H groups in total. The Kier molecular flexibility index (Phi) is 4.60. The molecule has 0 spiro atoms. The van der Waals surface area contributed by atoms with Crippen LogP contribution in [-0.4, -0.2) is 6.54 Å². The maximum Gasteiger partial charge on any atom is 0.0463 e. The molecule has 2 aromatic heterocycles. The third-order valence-electron chi connectivity index (χ3n) is 2.75. The topological polar surface area (TPSA) is 12.0 Å². The molecule has 18 heavy (non-hydrogen) atoms. The Labute approximate surface area is 118 Å². The van der Waals surface area contributed by atoms with Crippen molar-refractivity contribution < 1.29 is 0 Å². The zero-order valence-electron chi connectivity index (χ0n) is 11.3. The van der Waals surface area contributed by atoms with E-state index in [1.165, 1.54) is 9.75 Å². The van der Waals surface area contributed by atoms with E-state index >= 15 is 0 Å². The smallest absolute Gasteiger partial charge is 0.0463 e. The maximum atomic E-state index is 3.72. The van der Waals surface area contributed by atoms with Crippen LogP contribution in [0.4, 0.5) is 0 Å². The van der Waals surface area contributed by atoms with Crippen LogP contribution in [0.2, 0.25) is 0 Å². The van der Waals surface area contributed by atoms with Gasteiger partial charge < -0.3 is 5.32 Å². The van der Waals surface area contributed by atoms with Gasteiger partial charge in [0.15, 0.2) is 0 Å². The van der Waals surface area contributed by atoms with Gasteiger partial charge in [0.05, 0.1) is 0 Å². The first-order valence-corrected chi connectivity index (χ1v) is 8.10. The fraction of sp³-hybridized carbons (Fsp3) is 0.467. The quantitative estimate of drug-likeness (QED) is 0.834. The summed E-state index contributed by atoms with van der Waals surface area (Å²) >= 11 is 3.69. The van der Waals surface area contributed by atoms with Crippen LogP contribution in [0.5, 0.6) is 0 Å². The minimum absolute atomic E-state index is 0.324. The Morgan fingerprint density at radius 3 is 2.39 bits per heavy atom. The average Bonchev–Trinajstić information content (AvgIpc) is 2.95. The van der Waals surface area contributed by atoms with Crippen molar-refractivity contribution in [1.82, 2.24) is 5.32 Å². The standard InChI is InChI=1S/C15H21NS2/c1-15(2,3)11-16-13(14-7-5-9-18-14)10-12-6-4-8-17-12/h4-9,13,16H,10-11H2,1-3H3. The molecule has 2 aromatic rings. The Morgan fingerprint density at radius 1 is 1.11 bits per heavy atom. The van der Waals surface area contributed by atoms with Gasteiger partial charge in [-0.2, -0.15) is 0 Å². The van der Waals surface area contributed by atoms with Crippen LogP contribution in [0.3, 0.4) is 0 Å². The molecule has 3 heteroatoms. The van der Waals surface area contributed by atoms with Gasteiger partial charge in [-0.05, 0) is 28.3 Å². The van der Waals surface area contributed by atoms with E-state index in [4.69, 9.17) is 0 Å². The minimum Gasteiger partial charge on any atom is -0.308 e. The van der Waals surface area contributed by atoms with Gasteiger partial charge in [-0.15, -0.1) is 22.7 Å². The number of hydrogen-bond acceptors (Lipinski definition) is 3. The summed E-state index contributed by atoms with van der Waals surface area (Å²) in [6, 6.07) is 9.18. The molecule has 0 bridgehead atoms. The van der Waals surface area contributed by atoms with Crippen molar-refractivity contribution in [2.45, 2.75) is 33.2 Å². The van der Waals surface area contributed by atoms with Crippen LogP contribution in [0, 0.1) is 5.41 Å². The molecule has 0 amide bonds. The number of hydrogen-bond donors (Lipinski definition) is 1. The van der Waals surface area contributed by atoms with E-state index in [2.05, 4.69) is 61.1 Å². The molecule has 1 atom stereocenters. The Bertz CT molecular complexity index is 437. The second-order valence-electron chi connectivity index (χ2n) is 5.79. The van der Waals surface area contributed by atoms with E-state index < -0.39 is 0 Å². The van der Waals surface area contributed by atoms with Crippen molar-refractivity contribution in [1.29, 1.82) is 0 Å². The van der Waals surface area contributed by atoms with Gasteiger partial charge in [0.1, 0.15) is 0 Å². The van der Waals surface area contributed by atoms with Crippen LogP contribution in [0.1, 0.15) is 36.6 Å². The zero-order chi connectivity index (χ0) is 13.0. The average molecular weight is 279 g/mol. The van der Waals surface area contributed by atoms with Gasteiger partial charge in [0, 0.05) is 28.8 Å². The number of nitrogens with one attached hydrogen (secondary N) is 1. The highest BCUT2D eigenvalue weighted by molar-refractivity contribution is 7.10. The largest absolute Gasteiger partial charge is 0.308 e. The molecule has 0 radical (unpaired) electrons. The lowest BCUT2D eigenvalue weighted by Gasteiger charge is -2.24. The third kappa shape index (κ3) is 4.23. The van der Waals surface area contributed by atoms with E-state index in [0.717, 1.165) is 13.0 Å². The first kappa shape index (κ1) is 13.8. The molecule has 98 valence electrons. The van der Waals surface area contributed by atoms with E-state index in [1.54, 1.807) is 0 Å². The Morgan fingerprint density at radius 2 is 1.83 bits per heavy atom. The molecule has 0 aliphatic heterocycles. The molecule has 0 aliphatic rings. The summed E-state index contributed by atoms with van der Waals surface area (Å²) in [7, 11) is 0. The molecule has 0 saturated heterocycles. The minimum atomic E-state index is 0.324. The lowest BCUT2D eigenvalue weighted by atomic mass is 9.96. The van der Waals surface area contributed by atoms with Gasteiger partial charge in [-0.25, -0.2) is 0 Å². The molecule has 1 unspecified atom stereocenters. The first-order chi connectivity index (χ1) is 8.54. The van der Waals surface area contributed by atoms with Crippen LogP contribution in [-0.2, 0) is 6.42 Å². The predicted molar refractivity (Wildman–Crippen MR) is 82.5 cm³/mol. The Balaban J connectivity index is 2.04. The summed E-state index contributed by atoms with van der Waals surface area (Å²) in [6.45, 7) is 7.87. The summed E-state index contributed by atoms with van der Waals surface area (Å²) in [5.41, 5.74) is 0.324. The third-order valence-corrected chi connectivity index (χ3v) is 4.64. The SMILES string of the molecule is CC(C)(C)CNC(Cc1cccs1)c1cccs1. The molecule has 0 fully saturated rings. The summed E-state index contributed by atoms with van der Waals surface area (Å²) in [5.74, 6) is 0. The van der Waals surface area contributed by atoms with Gasteiger partial charge in [0.2, 0.25) is 0 Å². The maximum absolute atomic E-state index is 3.72. The van der Waals surface area contributed by atoms with E-state index in [-0.39, 0.29) is 0 Å². The summed E-state index contributed by atoms with van der Waals surface area (Å²) < 4.78 is 0. The number of rotatable bonds is 5. The van der Waals surface area contributed by atoms with Crippen LogP contribution in [0.15, 0.2) is 35.0 Å². The second-order valence-corrected chi connectivity index (χ2v) is 7.80. The van der Waals surface area contributed by atoms with Crippen molar-refractivity contribution in [2.24, 2.45) is 5.41 Å². The number of thiophene rings is 2. The van der Waals surface area contributed by atoms with Crippen molar-refractivity contribution in [3.8, 4) is 0 Å². The molecule has 2 heterocycles. The molecule has 1 nitrogen and oxygen atoms in total. The van der Waals surface area contributed by atoms with Gasteiger partial charge in [0.25, 0.3) is 0 Å². The van der Waals surface area contributed by atoms with Gasteiger partial charge >= 0.3 is 0 Å². The fourth-order valence-corrected chi connectivity index (χ4v) is 3.38. The molecule has 2 rings (SSSR count). The molecule has 0 aliphatic carbocycles. The molecule has 0 aromatic carbocycles. The van der Waals surface area contributed by atoms with Crippen LogP contribution < -0.4 is 5.32 Å². The summed E-state index contributed by atoms with van der Waals surface area (Å²) in [5, 5.41) is 8.04. The normalized spacial score (nSPS) is 13.7. The highest BCUT2D eigenvalue weighted by Gasteiger charge is 2.17. The molecular formula is C15H21NS2. The highest BCUT2D eigenvalue weighted by atomic mass is 32.1. The lowest BCUT2D eigenvalue weighted by Crippen LogP contribution is -2.31. The second kappa shape index (κ2) is 6.00. The van der Waals surface area contributed by atoms with Crippen LogP contribution >= 0.6 is 22.7 Å². The highest BCUT2D eigenvalue weighted by Crippen LogP contribution is 2.26. The van der Waals surface area contributed by atoms with Gasteiger partial charge in [-0.3, -0.25) is 0 Å². The van der Waals surface area contributed by atoms with E-state index in [1.807, 2.05) is 22.7 Å². The van der Waals surface area contributed by atoms with Crippen molar-refractivity contribution in [2.75, 3.05) is 6.54 Å². The van der Waals surface area contributed by atoms with E-state index in [9.17, 15) is 0 Å². The van der Waals surface area contributed by atoms with Crippen molar-refractivity contribution >= 4 is 22.7 Å². The molecular weight excluding hydrogens is 258 g/mol. The van der Waals surface area contributed by atoms with Crippen molar-refractivity contribution in [3.63, 3.8) is 0 Å². The van der Waals surface area contributed by atoms with Gasteiger partial charge in [-0.1, -0.05) is 32.9 Å². The van der Waals surface area contributed by atoms with E-state index in [0.29, 0.717) is 11.5 Å². The van der Waals surface area contributed by atoms with Crippen LogP contribution in [0.25, 0.3) is 0 Å². The first-order valence-electron chi connectivity index (χ1n) is 6.34. The fourth-order valence-electron chi connectivity index (χ4n) is 1.82. The zero-order valence-corrected chi connectivity index (χ0v) is 12.9. The lowest BCUT2D eigenvalue weighted by molar-refractivity contribution is 0.353. The summed E-state index contributed by atoms with van der Waals surface area (Å²) in [6.07, 6.45) is 1.09. The monoisotopic (exact) mass is 279 g/mol. The predicted octanol–water partition coefficient (Wildman–Crippen LogP) is 4.73.